The van der Waals surface area contributed by atoms with Crippen LogP contribution in [0.2, 0.25) is 0 Å². The van der Waals surface area contributed by atoms with Gasteiger partial charge in [0.25, 0.3) is 0 Å². The van der Waals surface area contributed by atoms with Crippen molar-refractivity contribution in [1.82, 2.24) is 20.2 Å². The van der Waals surface area contributed by atoms with E-state index in [1.807, 2.05) is 6.92 Å². The largest absolute Gasteiger partial charge is 0.485 e. The lowest BCUT2D eigenvalue weighted by atomic mass is 10.1. The number of aromatic nitrogens is 4. The van der Waals surface area contributed by atoms with E-state index in [4.69, 9.17) is 9.84 Å². The highest BCUT2D eigenvalue weighted by Crippen LogP contribution is 2.20. The number of nitrogens with zero attached hydrogens (tertiary/aromatic N) is 4. The molecule has 1 aromatic heterocycles. The first-order valence-electron chi connectivity index (χ1n) is 6.33. The van der Waals surface area contributed by atoms with Crippen LogP contribution in [0.5, 0.6) is 5.75 Å². The zero-order valence-corrected chi connectivity index (χ0v) is 11.4. The van der Waals surface area contributed by atoms with Gasteiger partial charge in [0.05, 0.1) is 5.56 Å². The second-order valence-corrected chi connectivity index (χ2v) is 4.39. The smallest absolute Gasteiger partial charge is 0.335 e. The summed E-state index contributed by atoms with van der Waals surface area (Å²) in [6.07, 6.45) is 0.935. The van der Waals surface area contributed by atoms with E-state index in [0.29, 0.717) is 11.6 Å². The number of carboxylic acid groups (broad SMARTS) is 1. The summed E-state index contributed by atoms with van der Waals surface area (Å²) in [5, 5.41) is 20.3. The minimum Gasteiger partial charge on any atom is -0.485 e. The average Bonchev–Trinajstić information content (AvgIpc) is 2.85. The van der Waals surface area contributed by atoms with Crippen LogP contribution >= 0.6 is 0 Å². The lowest BCUT2D eigenvalue weighted by Crippen LogP contribution is -2.09. The molecule has 0 atom stereocenters. The molecule has 1 aromatic carbocycles. The molecular formula is C13H16N4O3. The molecule has 0 aliphatic heterocycles. The van der Waals surface area contributed by atoms with Crippen LogP contribution in [0.4, 0.5) is 0 Å². The van der Waals surface area contributed by atoms with Gasteiger partial charge in [-0.15, -0.1) is 5.10 Å². The molecule has 7 nitrogen and oxygen atoms in total. The summed E-state index contributed by atoms with van der Waals surface area (Å²) in [7, 11) is 0. The Morgan fingerprint density at radius 1 is 1.45 bits per heavy atom. The first-order chi connectivity index (χ1) is 9.61. The number of benzene rings is 1. The fraction of sp³-hybridized carbons (Fsp3) is 0.385. The maximum atomic E-state index is 10.9. The summed E-state index contributed by atoms with van der Waals surface area (Å²) >= 11 is 0. The van der Waals surface area contributed by atoms with Crippen molar-refractivity contribution in [1.29, 1.82) is 0 Å². The Morgan fingerprint density at radius 2 is 2.25 bits per heavy atom. The Kier molecular flexibility index (Phi) is 4.29. The topological polar surface area (TPSA) is 90.1 Å². The molecule has 0 spiro atoms. The second-order valence-electron chi connectivity index (χ2n) is 4.39. The molecule has 106 valence electrons. The summed E-state index contributed by atoms with van der Waals surface area (Å²) in [6, 6.07) is 4.74. The van der Waals surface area contributed by atoms with Gasteiger partial charge >= 0.3 is 5.97 Å². The van der Waals surface area contributed by atoms with E-state index in [9.17, 15) is 4.79 Å². The molecule has 0 amide bonds. The Morgan fingerprint density at radius 3 is 2.90 bits per heavy atom. The minimum absolute atomic E-state index is 0.241. The number of aromatic carboxylic acids is 1. The van der Waals surface area contributed by atoms with Crippen molar-refractivity contribution in [2.24, 2.45) is 0 Å². The number of carboxylic acids is 1. The zero-order chi connectivity index (χ0) is 14.5. The fourth-order valence-corrected chi connectivity index (χ4v) is 1.80. The number of rotatable bonds is 6. The summed E-state index contributed by atoms with van der Waals surface area (Å²) < 4.78 is 7.34. The average molecular weight is 276 g/mol. The molecule has 0 radical (unpaired) electrons. The number of aryl methyl sites for hydroxylation is 2. The Bertz CT molecular complexity index is 609. The van der Waals surface area contributed by atoms with E-state index in [1.54, 1.807) is 23.7 Å². The van der Waals surface area contributed by atoms with Crippen molar-refractivity contribution in [2.45, 2.75) is 33.4 Å². The molecular weight excluding hydrogens is 260 g/mol. The second kappa shape index (κ2) is 6.14. The van der Waals surface area contributed by atoms with Crippen LogP contribution in [-0.2, 0) is 13.2 Å². The van der Waals surface area contributed by atoms with Gasteiger partial charge in [-0.3, -0.25) is 0 Å². The van der Waals surface area contributed by atoms with Crippen molar-refractivity contribution in [3.05, 3.63) is 35.2 Å². The molecule has 0 bridgehead atoms. The van der Waals surface area contributed by atoms with Crippen molar-refractivity contribution >= 4 is 5.97 Å². The number of hydrogen-bond donors (Lipinski definition) is 1. The summed E-state index contributed by atoms with van der Waals surface area (Å²) in [6.45, 7) is 4.83. The van der Waals surface area contributed by atoms with Gasteiger partial charge in [-0.2, -0.15) is 0 Å². The number of carbonyl (C=O) groups is 1. The highest BCUT2D eigenvalue weighted by Gasteiger charge is 2.09. The lowest BCUT2D eigenvalue weighted by molar-refractivity contribution is 0.0696. The van der Waals surface area contributed by atoms with Crippen LogP contribution in [0.15, 0.2) is 18.2 Å². The van der Waals surface area contributed by atoms with Gasteiger partial charge in [-0.25, -0.2) is 9.48 Å². The molecule has 2 rings (SSSR count). The van der Waals surface area contributed by atoms with Crippen LogP contribution in [0, 0.1) is 6.92 Å². The van der Waals surface area contributed by atoms with Gasteiger partial charge in [-0.1, -0.05) is 6.92 Å². The highest BCUT2D eigenvalue weighted by atomic mass is 16.5. The first-order valence-corrected chi connectivity index (χ1v) is 6.33. The molecule has 2 aromatic rings. The summed E-state index contributed by atoms with van der Waals surface area (Å²) in [5.41, 5.74) is 1.00. The van der Waals surface area contributed by atoms with Crippen LogP contribution in [-0.4, -0.2) is 31.3 Å². The molecule has 0 aliphatic carbocycles. The van der Waals surface area contributed by atoms with Crippen molar-refractivity contribution in [2.75, 3.05) is 0 Å². The van der Waals surface area contributed by atoms with Crippen LogP contribution < -0.4 is 4.74 Å². The third-order valence-electron chi connectivity index (χ3n) is 2.82. The molecule has 0 saturated carbocycles. The van der Waals surface area contributed by atoms with Gasteiger partial charge in [0, 0.05) is 6.54 Å². The molecule has 0 unspecified atom stereocenters. The molecule has 1 N–H and O–H groups in total. The monoisotopic (exact) mass is 276 g/mol. The Hall–Kier alpha value is -2.44. The predicted molar refractivity (Wildman–Crippen MR) is 70.6 cm³/mol. The Balaban J connectivity index is 2.07. The van der Waals surface area contributed by atoms with E-state index >= 15 is 0 Å². The van der Waals surface area contributed by atoms with Crippen LogP contribution in [0.3, 0.4) is 0 Å². The molecule has 0 aliphatic rings. The third-order valence-corrected chi connectivity index (χ3v) is 2.82. The molecule has 0 fully saturated rings. The van der Waals surface area contributed by atoms with Crippen molar-refractivity contribution in [3.63, 3.8) is 0 Å². The number of hydrogen-bond acceptors (Lipinski definition) is 5. The molecule has 20 heavy (non-hydrogen) atoms. The molecule has 1 heterocycles. The Labute approximate surface area is 116 Å². The molecule has 0 saturated heterocycles. The first kappa shape index (κ1) is 14.0. The van der Waals surface area contributed by atoms with Crippen LogP contribution in [0.1, 0.15) is 35.1 Å². The summed E-state index contributed by atoms with van der Waals surface area (Å²) in [4.78, 5) is 10.9. The quantitative estimate of drug-likeness (QED) is 0.863. The van der Waals surface area contributed by atoms with Gasteiger partial charge in [0.1, 0.15) is 12.4 Å². The number of tetrazole rings is 1. The van der Waals surface area contributed by atoms with E-state index in [0.717, 1.165) is 18.5 Å². The molecule has 7 heteroatoms. The van der Waals surface area contributed by atoms with E-state index in [-0.39, 0.29) is 12.2 Å². The SMILES string of the molecule is CCCn1nnnc1COc1ccc(C(=O)O)cc1C. The summed E-state index contributed by atoms with van der Waals surface area (Å²) in [5.74, 6) is 0.321. The van der Waals surface area contributed by atoms with Gasteiger partial charge in [0.2, 0.25) is 0 Å². The maximum Gasteiger partial charge on any atom is 0.335 e. The minimum atomic E-state index is -0.952. The third kappa shape index (κ3) is 3.11. The maximum absolute atomic E-state index is 10.9. The van der Waals surface area contributed by atoms with Gasteiger partial charge in [0.15, 0.2) is 5.82 Å². The predicted octanol–water partition coefficient (Wildman–Crippen LogP) is 1.67. The normalized spacial score (nSPS) is 10.5. The standard InChI is InChI=1S/C13H16N4O3/c1-3-6-17-12(14-15-16-17)8-20-11-5-4-10(13(18)19)7-9(11)2/h4-5,7H,3,6,8H2,1-2H3,(H,18,19). The fourth-order valence-electron chi connectivity index (χ4n) is 1.80. The lowest BCUT2D eigenvalue weighted by Gasteiger charge is -2.09. The number of ether oxygens (including phenoxy) is 1. The van der Waals surface area contributed by atoms with E-state index in [2.05, 4.69) is 15.5 Å². The van der Waals surface area contributed by atoms with Gasteiger partial charge in [-0.05, 0) is 47.5 Å². The zero-order valence-electron chi connectivity index (χ0n) is 11.4. The van der Waals surface area contributed by atoms with E-state index < -0.39 is 5.97 Å². The van der Waals surface area contributed by atoms with Crippen molar-refractivity contribution in [3.8, 4) is 5.75 Å². The van der Waals surface area contributed by atoms with Gasteiger partial charge < -0.3 is 9.84 Å². The van der Waals surface area contributed by atoms with Crippen LogP contribution in [0.25, 0.3) is 0 Å². The van der Waals surface area contributed by atoms with E-state index in [1.165, 1.54) is 6.07 Å². The highest BCUT2D eigenvalue weighted by molar-refractivity contribution is 5.88. The van der Waals surface area contributed by atoms with Crippen molar-refractivity contribution < 1.29 is 14.6 Å².